The van der Waals surface area contributed by atoms with Crippen molar-refractivity contribution in [2.24, 2.45) is 0 Å². The number of halogens is 1. The van der Waals surface area contributed by atoms with Crippen molar-refractivity contribution >= 4 is 21.6 Å². The third-order valence-electron chi connectivity index (χ3n) is 5.20. The lowest BCUT2D eigenvalue weighted by Gasteiger charge is -2.34. The SMILES string of the molecule is CCN(CC)c1ccc(C(=O)N2CCN(S(=O)(=O)c3cccc(F)c3)CC2)cc1. The second-order valence-electron chi connectivity index (χ2n) is 6.87. The molecule has 0 radical (unpaired) electrons. The standard InChI is InChI=1S/C21H26FN3O3S/c1-3-23(4-2)19-10-8-17(9-11-19)21(26)24-12-14-25(15-13-24)29(27,28)20-7-5-6-18(22)16-20/h5-11,16H,3-4,12-15H2,1-2H3. The molecule has 156 valence electrons. The topological polar surface area (TPSA) is 60.9 Å². The molecule has 0 aliphatic carbocycles. The minimum atomic E-state index is -3.77. The summed E-state index contributed by atoms with van der Waals surface area (Å²) in [5.74, 6) is -0.702. The van der Waals surface area contributed by atoms with Gasteiger partial charge >= 0.3 is 0 Å². The smallest absolute Gasteiger partial charge is 0.253 e. The van der Waals surface area contributed by atoms with Gasteiger partial charge in [-0.3, -0.25) is 4.79 Å². The number of anilines is 1. The van der Waals surface area contributed by atoms with Crippen molar-refractivity contribution in [1.29, 1.82) is 0 Å². The van der Waals surface area contributed by atoms with Crippen molar-refractivity contribution in [2.45, 2.75) is 18.7 Å². The van der Waals surface area contributed by atoms with Crippen LogP contribution in [-0.4, -0.2) is 62.8 Å². The molecule has 1 aliphatic rings. The van der Waals surface area contributed by atoms with Crippen molar-refractivity contribution in [3.8, 4) is 0 Å². The molecule has 1 saturated heterocycles. The van der Waals surface area contributed by atoms with Crippen molar-refractivity contribution in [3.05, 3.63) is 59.9 Å². The Hall–Kier alpha value is -2.45. The summed E-state index contributed by atoms with van der Waals surface area (Å²) in [6.45, 7) is 6.91. The summed E-state index contributed by atoms with van der Waals surface area (Å²) in [6, 6.07) is 12.5. The van der Waals surface area contributed by atoms with Gasteiger partial charge in [-0.05, 0) is 56.3 Å². The summed E-state index contributed by atoms with van der Waals surface area (Å²) in [6.07, 6.45) is 0. The first-order chi connectivity index (χ1) is 13.9. The van der Waals surface area contributed by atoms with Gasteiger partial charge in [0.25, 0.3) is 5.91 Å². The maximum Gasteiger partial charge on any atom is 0.253 e. The number of hydrogen-bond acceptors (Lipinski definition) is 4. The molecule has 0 spiro atoms. The van der Waals surface area contributed by atoms with Crippen molar-refractivity contribution in [3.63, 3.8) is 0 Å². The molecule has 0 unspecified atom stereocenters. The fourth-order valence-corrected chi connectivity index (χ4v) is 4.95. The van der Waals surface area contributed by atoms with Crippen LogP contribution in [0.15, 0.2) is 53.4 Å². The molecule has 29 heavy (non-hydrogen) atoms. The van der Waals surface area contributed by atoms with Crippen LogP contribution in [0.5, 0.6) is 0 Å². The van der Waals surface area contributed by atoms with E-state index in [1.54, 1.807) is 4.90 Å². The second kappa shape index (κ2) is 8.92. The van der Waals surface area contributed by atoms with E-state index in [4.69, 9.17) is 0 Å². The van der Waals surface area contributed by atoms with E-state index in [1.165, 1.54) is 22.5 Å². The minimum absolute atomic E-state index is 0.0655. The van der Waals surface area contributed by atoms with Gasteiger partial charge in [0.1, 0.15) is 5.82 Å². The van der Waals surface area contributed by atoms with E-state index < -0.39 is 15.8 Å². The molecule has 0 saturated carbocycles. The maximum atomic E-state index is 13.4. The Labute approximate surface area is 171 Å². The van der Waals surface area contributed by atoms with E-state index >= 15 is 0 Å². The third kappa shape index (κ3) is 4.59. The van der Waals surface area contributed by atoms with Gasteiger partial charge in [0, 0.05) is 50.5 Å². The normalized spacial score (nSPS) is 15.3. The number of nitrogens with zero attached hydrogens (tertiary/aromatic N) is 3. The lowest BCUT2D eigenvalue weighted by molar-refractivity contribution is 0.0698. The van der Waals surface area contributed by atoms with Crippen LogP contribution < -0.4 is 4.90 Å². The highest BCUT2D eigenvalue weighted by molar-refractivity contribution is 7.89. The maximum absolute atomic E-state index is 13.4. The number of amides is 1. The van der Waals surface area contributed by atoms with Gasteiger partial charge in [-0.2, -0.15) is 4.31 Å². The number of piperazine rings is 1. The number of carbonyl (C=O) groups excluding carboxylic acids is 1. The molecule has 6 nitrogen and oxygen atoms in total. The quantitative estimate of drug-likeness (QED) is 0.723. The number of sulfonamides is 1. The average molecular weight is 420 g/mol. The molecule has 0 N–H and O–H groups in total. The molecule has 0 bridgehead atoms. The van der Waals surface area contributed by atoms with Crippen LogP contribution in [0, 0.1) is 5.82 Å². The number of hydrogen-bond donors (Lipinski definition) is 0. The molecule has 0 aromatic heterocycles. The van der Waals surface area contributed by atoms with Gasteiger partial charge in [0.05, 0.1) is 4.90 Å². The molecule has 2 aromatic carbocycles. The molecule has 0 atom stereocenters. The Kier molecular flexibility index (Phi) is 6.54. The largest absolute Gasteiger partial charge is 0.372 e. The van der Waals surface area contributed by atoms with Crippen LogP contribution in [0.2, 0.25) is 0 Å². The van der Waals surface area contributed by atoms with E-state index in [0.717, 1.165) is 24.8 Å². The van der Waals surface area contributed by atoms with Crippen LogP contribution in [0.3, 0.4) is 0 Å². The zero-order chi connectivity index (χ0) is 21.0. The highest BCUT2D eigenvalue weighted by Crippen LogP contribution is 2.20. The molecular formula is C21H26FN3O3S. The molecule has 1 fully saturated rings. The predicted molar refractivity (Wildman–Crippen MR) is 111 cm³/mol. The zero-order valence-corrected chi connectivity index (χ0v) is 17.5. The summed E-state index contributed by atoms with van der Waals surface area (Å²) < 4.78 is 40.1. The highest BCUT2D eigenvalue weighted by atomic mass is 32.2. The van der Waals surface area contributed by atoms with Crippen molar-refractivity contribution in [2.75, 3.05) is 44.2 Å². The summed E-state index contributed by atoms with van der Waals surface area (Å²) in [5.41, 5.74) is 1.65. The van der Waals surface area contributed by atoms with Crippen LogP contribution >= 0.6 is 0 Å². The Balaban J connectivity index is 1.65. The third-order valence-corrected chi connectivity index (χ3v) is 7.10. The Morgan fingerprint density at radius 3 is 2.17 bits per heavy atom. The minimum Gasteiger partial charge on any atom is -0.372 e. The summed E-state index contributed by atoms with van der Waals surface area (Å²) in [7, 11) is -3.77. The van der Waals surface area contributed by atoms with Gasteiger partial charge in [0.15, 0.2) is 0 Å². The number of carbonyl (C=O) groups is 1. The first-order valence-electron chi connectivity index (χ1n) is 9.76. The van der Waals surface area contributed by atoms with Gasteiger partial charge in [-0.15, -0.1) is 0 Å². The van der Waals surface area contributed by atoms with Crippen molar-refractivity contribution < 1.29 is 17.6 Å². The number of rotatable bonds is 6. The monoisotopic (exact) mass is 419 g/mol. The molecule has 1 amide bonds. The van der Waals surface area contributed by atoms with Gasteiger partial charge in [-0.25, -0.2) is 12.8 Å². The first kappa shape index (κ1) is 21.3. The predicted octanol–water partition coefficient (Wildman–Crippen LogP) is 2.82. The Morgan fingerprint density at radius 1 is 1.00 bits per heavy atom. The second-order valence-corrected chi connectivity index (χ2v) is 8.81. The molecule has 8 heteroatoms. The fraction of sp³-hybridized carbons (Fsp3) is 0.381. The molecule has 1 heterocycles. The van der Waals surface area contributed by atoms with E-state index in [9.17, 15) is 17.6 Å². The fourth-order valence-electron chi connectivity index (χ4n) is 3.49. The molecular weight excluding hydrogens is 393 g/mol. The van der Waals surface area contributed by atoms with Gasteiger partial charge in [-0.1, -0.05) is 6.07 Å². The van der Waals surface area contributed by atoms with E-state index in [-0.39, 0.29) is 23.9 Å². The van der Waals surface area contributed by atoms with Crippen molar-refractivity contribution in [1.82, 2.24) is 9.21 Å². The summed E-state index contributed by atoms with van der Waals surface area (Å²) in [5, 5.41) is 0. The molecule has 3 rings (SSSR count). The van der Waals surface area contributed by atoms with Crippen LogP contribution in [-0.2, 0) is 10.0 Å². The summed E-state index contributed by atoms with van der Waals surface area (Å²) in [4.78, 5) is 16.6. The van der Waals surface area contributed by atoms with Gasteiger partial charge < -0.3 is 9.80 Å². The van der Waals surface area contributed by atoms with Crippen LogP contribution in [0.1, 0.15) is 24.2 Å². The lowest BCUT2D eigenvalue weighted by Crippen LogP contribution is -2.50. The average Bonchev–Trinajstić information content (AvgIpc) is 2.75. The van der Waals surface area contributed by atoms with E-state index in [1.807, 2.05) is 24.3 Å². The van der Waals surface area contributed by atoms with E-state index in [2.05, 4.69) is 18.7 Å². The number of benzene rings is 2. The van der Waals surface area contributed by atoms with Crippen LogP contribution in [0.4, 0.5) is 10.1 Å². The molecule has 1 aliphatic heterocycles. The summed E-state index contributed by atoms with van der Waals surface area (Å²) >= 11 is 0. The lowest BCUT2D eigenvalue weighted by atomic mass is 10.1. The Bertz CT molecular complexity index is 951. The Morgan fingerprint density at radius 2 is 1.62 bits per heavy atom. The van der Waals surface area contributed by atoms with Crippen LogP contribution in [0.25, 0.3) is 0 Å². The van der Waals surface area contributed by atoms with E-state index in [0.29, 0.717) is 18.7 Å². The van der Waals surface area contributed by atoms with Gasteiger partial charge in [0.2, 0.25) is 10.0 Å². The first-order valence-corrected chi connectivity index (χ1v) is 11.2. The zero-order valence-electron chi connectivity index (χ0n) is 16.7. The molecule has 2 aromatic rings. The highest BCUT2D eigenvalue weighted by Gasteiger charge is 2.30.